The lowest BCUT2D eigenvalue weighted by Crippen LogP contribution is -2.12. The summed E-state index contributed by atoms with van der Waals surface area (Å²) in [5.41, 5.74) is 4.39. The fourth-order valence-corrected chi connectivity index (χ4v) is 2.90. The van der Waals surface area contributed by atoms with Crippen LogP contribution < -0.4 is 4.74 Å². The summed E-state index contributed by atoms with van der Waals surface area (Å²) in [5.74, 6) is -0.199. The Hall–Kier alpha value is -2.59. The molecule has 1 N–H and O–H groups in total. The van der Waals surface area contributed by atoms with Crippen LogP contribution in [0.1, 0.15) is 33.5 Å². The number of fused-ring (bicyclic) bond motifs is 2. The lowest BCUT2D eigenvalue weighted by molar-refractivity contribution is 0.0697. The van der Waals surface area contributed by atoms with Crippen LogP contribution in [-0.4, -0.2) is 36.6 Å². The van der Waals surface area contributed by atoms with E-state index < -0.39 is 5.97 Å². The number of nitrogens with zero attached hydrogens (tertiary/aromatic N) is 1. The highest BCUT2D eigenvalue weighted by Gasteiger charge is 2.20. The molecule has 0 radical (unpaired) electrons. The average Bonchev–Trinajstić information content (AvgIpc) is 2.71. The minimum atomic E-state index is -0.928. The third-order valence-electron chi connectivity index (χ3n) is 4.13. The highest BCUT2D eigenvalue weighted by atomic mass is 16.5. The molecule has 4 nitrogen and oxygen atoms in total. The summed E-state index contributed by atoms with van der Waals surface area (Å²) in [6.45, 7) is 1.42. The molecule has 3 rings (SSSR count). The van der Waals surface area contributed by atoms with Crippen LogP contribution in [0.5, 0.6) is 5.75 Å². The van der Waals surface area contributed by atoms with Gasteiger partial charge in [0.05, 0.1) is 5.56 Å². The van der Waals surface area contributed by atoms with Crippen molar-refractivity contribution in [3.05, 3.63) is 70.8 Å². The molecule has 0 atom stereocenters. The molecule has 4 heteroatoms. The molecular formula is C20H21NO3. The number of aromatic carboxylic acids is 1. The van der Waals surface area contributed by atoms with E-state index in [9.17, 15) is 9.90 Å². The first-order valence-corrected chi connectivity index (χ1v) is 8.00. The molecule has 2 aromatic carbocycles. The van der Waals surface area contributed by atoms with E-state index in [0.717, 1.165) is 41.0 Å². The number of ether oxygens (including phenoxy) is 1. The molecule has 2 aromatic rings. The van der Waals surface area contributed by atoms with Crippen LogP contribution in [-0.2, 0) is 6.61 Å². The Labute approximate surface area is 142 Å². The molecule has 1 aliphatic heterocycles. The summed E-state index contributed by atoms with van der Waals surface area (Å²) in [7, 11) is 4.08. The molecule has 0 saturated carbocycles. The molecule has 0 aromatic heterocycles. The SMILES string of the molecule is CN(C)CC/C=C1/c2ccccc2COc2ccc(C(=O)O)cc21. The van der Waals surface area contributed by atoms with Gasteiger partial charge in [0.2, 0.25) is 0 Å². The van der Waals surface area contributed by atoms with Crippen molar-refractivity contribution >= 4 is 11.5 Å². The van der Waals surface area contributed by atoms with Gasteiger partial charge in [-0.2, -0.15) is 0 Å². The smallest absolute Gasteiger partial charge is 0.335 e. The Bertz CT molecular complexity index is 793. The molecule has 1 aliphatic rings. The van der Waals surface area contributed by atoms with Gasteiger partial charge in [-0.1, -0.05) is 30.3 Å². The molecular weight excluding hydrogens is 302 g/mol. The Morgan fingerprint density at radius 2 is 2.00 bits per heavy atom. The number of hydrogen-bond acceptors (Lipinski definition) is 3. The van der Waals surface area contributed by atoms with Crippen LogP contribution in [0.4, 0.5) is 0 Å². The van der Waals surface area contributed by atoms with Crippen molar-refractivity contribution in [1.82, 2.24) is 4.90 Å². The van der Waals surface area contributed by atoms with Crippen LogP contribution in [0.2, 0.25) is 0 Å². The van der Waals surface area contributed by atoms with Crippen LogP contribution >= 0.6 is 0 Å². The summed E-state index contributed by atoms with van der Waals surface area (Å²) in [6.07, 6.45) is 3.06. The number of benzene rings is 2. The summed E-state index contributed by atoms with van der Waals surface area (Å²) >= 11 is 0. The largest absolute Gasteiger partial charge is 0.488 e. The van der Waals surface area contributed by atoms with Gasteiger partial charge in [0.25, 0.3) is 0 Å². The third kappa shape index (κ3) is 3.34. The molecule has 0 spiro atoms. The molecule has 1 heterocycles. The number of carboxylic acids is 1. The van der Waals surface area contributed by atoms with Crippen molar-refractivity contribution in [2.75, 3.05) is 20.6 Å². The Morgan fingerprint density at radius 3 is 2.75 bits per heavy atom. The number of hydrogen-bond donors (Lipinski definition) is 1. The first kappa shape index (κ1) is 16.3. The van der Waals surface area contributed by atoms with E-state index in [2.05, 4.69) is 23.1 Å². The minimum absolute atomic E-state index is 0.273. The minimum Gasteiger partial charge on any atom is -0.488 e. The van der Waals surface area contributed by atoms with E-state index in [1.807, 2.05) is 26.2 Å². The van der Waals surface area contributed by atoms with Crippen molar-refractivity contribution in [3.63, 3.8) is 0 Å². The van der Waals surface area contributed by atoms with E-state index in [1.54, 1.807) is 18.2 Å². The van der Waals surface area contributed by atoms with Gasteiger partial charge < -0.3 is 14.7 Å². The second-order valence-corrected chi connectivity index (χ2v) is 6.17. The standard InChI is InChI=1S/C20H21NO3/c1-21(2)11-5-8-17-16-7-4-3-6-15(16)13-24-19-10-9-14(20(22)23)12-18(17)19/h3-4,6-10,12H,5,11,13H2,1-2H3,(H,22,23)/b17-8-. The topological polar surface area (TPSA) is 49.8 Å². The molecule has 124 valence electrons. The molecule has 24 heavy (non-hydrogen) atoms. The van der Waals surface area contributed by atoms with Crippen LogP contribution in [0.3, 0.4) is 0 Å². The van der Waals surface area contributed by atoms with Gasteiger partial charge in [-0.15, -0.1) is 0 Å². The van der Waals surface area contributed by atoms with E-state index in [-0.39, 0.29) is 5.56 Å². The lowest BCUT2D eigenvalue weighted by Gasteiger charge is -2.13. The second kappa shape index (κ2) is 6.89. The highest BCUT2D eigenvalue weighted by Crippen LogP contribution is 2.37. The normalized spacial score (nSPS) is 14.7. The van der Waals surface area contributed by atoms with E-state index in [4.69, 9.17) is 4.74 Å². The van der Waals surface area contributed by atoms with Crippen molar-refractivity contribution < 1.29 is 14.6 Å². The molecule has 0 saturated heterocycles. The zero-order valence-corrected chi connectivity index (χ0v) is 14.0. The van der Waals surface area contributed by atoms with Crippen molar-refractivity contribution in [3.8, 4) is 5.75 Å². The van der Waals surface area contributed by atoms with E-state index in [0.29, 0.717) is 6.61 Å². The van der Waals surface area contributed by atoms with Crippen molar-refractivity contribution in [2.45, 2.75) is 13.0 Å². The summed E-state index contributed by atoms with van der Waals surface area (Å²) in [6, 6.07) is 13.2. The van der Waals surface area contributed by atoms with Crippen molar-refractivity contribution in [2.24, 2.45) is 0 Å². The predicted molar refractivity (Wildman–Crippen MR) is 94.4 cm³/mol. The quantitative estimate of drug-likeness (QED) is 0.933. The molecule has 0 unspecified atom stereocenters. The molecule has 0 bridgehead atoms. The first-order valence-electron chi connectivity index (χ1n) is 8.00. The van der Waals surface area contributed by atoms with Gasteiger partial charge >= 0.3 is 5.97 Å². The predicted octanol–water partition coefficient (Wildman–Crippen LogP) is 3.66. The van der Waals surface area contributed by atoms with E-state index >= 15 is 0 Å². The zero-order chi connectivity index (χ0) is 17.1. The van der Waals surface area contributed by atoms with Gasteiger partial charge in [-0.25, -0.2) is 4.79 Å². The summed E-state index contributed by atoms with van der Waals surface area (Å²) in [5, 5.41) is 9.32. The Balaban J connectivity index is 2.13. The Kier molecular flexibility index (Phi) is 4.67. The number of carbonyl (C=O) groups is 1. The van der Waals surface area contributed by atoms with Gasteiger partial charge in [-0.3, -0.25) is 0 Å². The summed E-state index contributed by atoms with van der Waals surface area (Å²) < 4.78 is 5.92. The monoisotopic (exact) mass is 323 g/mol. The maximum absolute atomic E-state index is 11.4. The fraction of sp³-hybridized carbons (Fsp3) is 0.250. The van der Waals surface area contributed by atoms with Gasteiger partial charge in [0.15, 0.2) is 0 Å². The van der Waals surface area contributed by atoms with Crippen LogP contribution in [0.15, 0.2) is 48.5 Å². The fourth-order valence-electron chi connectivity index (χ4n) is 2.90. The molecule has 0 fully saturated rings. The lowest BCUT2D eigenvalue weighted by atomic mass is 9.92. The maximum atomic E-state index is 11.4. The van der Waals surface area contributed by atoms with E-state index in [1.165, 1.54) is 0 Å². The first-order chi connectivity index (χ1) is 11.6. The number of rotatable bonds is 4. The van der Waals surface area contributed by atoms with Gasteiger partial charge in [0, 0.05) is 12.1 Å². The highest BCUT2D eigenvalue weighted by molar-refractivity contribution is 5.92. The van der Waals surface area contributed by atoms with Gasteiger partial charge in [-0.05, 0) is 55.4 Å². The molecule has 0 aliphatic carbocycles. The van der Waals surface area contributed by atoms with Gasteiger partial charge in [0.1, 0.15) is 12.4 Å². The van der Waals surface area contributed by atoms with Crippen LogP contribution in [0, 0.1) is 0 Å². The summed E-state index contributed by atoms with van der Waals surface area (Å²) in [4.78, 5) is 13.5. The van der Waals surface area contributed by atoms with Crippen LogP contribution in [0.25, 0.3) is 5.57 Å². The molecule has 0 amide bonds. The maximum Gasteiger partial charge on any atom is 0.335 e. The Morgan fingerprint density at radius 1 is 1.21 bits per heavy atom. The zero-order valence-electron chi connectivity index (χ0n) is 14.0. The van der Waals surface area contributed by atoms with Crippen molar-refractivity contribution in [1.29, 1.82) is 0 Å². The number of carboxylic acid groups (broad SMARTS) is 1. The second-order valence-electron chi connectivity index (χ2n) is 6.17. The third-order valence-corrected chi connectivity index (χ3v) is 4.13. The average molecular weight is 323 g/mol.